The molecule has 0 aliphatic heterocycles. The van der Waals surface area contributed by atoms with Crippen molar-refractivity contribution in [3.8, 4) is 5.75 Å². The summed E-state index contributed by atoms with van der Waals surface area (Å²) in [6.45, 7) is 0.198. The second kappa shape index (κ2) is 8.68. The van der Waals surface area contributed by atoms with E-state index in [9.17, 15) is 14.0 Å². The highest BCUT2D eigenvalue weighted by Gasteiger charge is 2.64. The lowest BCUT2D eigenvalue weighted by Gasteiger charge is -2.16. The van der Waals surface area contributed by atoms with Gasteiger partial charge in [0, 0.05) is 22.6 Å². The Labute approximate surface area is 195 Å². The number of hydrogen-bond acceptors (Lipinski definition) is 6. The Kier molecular flexibility index (Phi) is 5.69. The maximum absolute atomic E-state index is 14.9. The quantitative estimate of drug-likeness (QED) is 0.296. The van der Waals surface area contributed by atoms with Crippen LogP contribution in [0.3, 0.4) is 0 Å². The second-order valence-electron chi connectivity index (χ2n) is 9.11. The lowest BCUT2D eigenvalue weighted by atomic mass is 9.93. The van der Waals surface area contributed by atoms with E-state index in [1.807, 2.05) is 30.3 Å². The zero-order valence-corrected chi connectivity index (χ0v) is 18.7. The highest BCUT2D eigenvalue weighted by Crippen LogP contribution is 2.56. The number of hydrogen-bond donors (Lipinski definition) is 2. The van der Waals surface area contributed by atoms with E-state index in [0.717, 1.165) is 35.0 Å². The Morgan fingerprint density at radius 2 is 2.00 bits per heavy atom. The maximum atomic E-state index is 14.9. The van der Waals surface area contributed by atoms with Gasteiger partial charge in [-0.15, -0.1) is 0 Å². The highest BCUT2D eigenvalue weighted by atomic mass is 19.1. The molecule has 2 saturated carbocycles. The smallest absolute Gasteiger partial charge is 0.312 e. The van der Waals surface area contributed by atoms with Crippen molar-refractivity contribution < 1.29 is 28.7 Å². The molecule has 8 heteroatoms. The number of para-hydroxylation sites is 1. The normalized spacial score (nSPS) is 21.2. The average molecular weight is 464 g/mol. The lowest BCUT2D eigenvalue weighted by Crippen LogP contribution is -2.30. The van der Waals surface area contributed by atoms with E-state index < -0.39 is 29.0 Å². The highest BCUT2D eigenvalue weighted by molar-refractivity contribution is 5.93. The predicted molar refractivity (Wildman–Crippen MR) is 121 cm³/mol. The van der Waals surface area contributed by atoms with Crippen molar-refractivity contribution in [1.29, 1.82) is 0 Å². The summed E-state index contributed by atoms with van der Waals surface area (Å²) in [6, 6.07) is 14.4. The molecule has 5 rings (SSSR count). The first-order valence-corrected chi connectivity index (χ1v) is 11.3. The third kappa shape index (κ3) is 4.09. The monoisotopic (exact) mass is 464 g/mol. The van der Waals surface area contributed by atoms with Gasteiger partial charge in [0.05, 0.1) is 24.0 Å². The van der Waals surface area contributed by atoms with E-state index in [0.29, 0.717) is 11.5 Å². The van der Waals surface area contributed by atoms with Gasteiger partial charge in [0.1, 0.15) is 6.61 Å². The number of ether oxygens (including phenoxy) is 2. The zero-order valence-electron chi connectivity index (χ0n) is 18.7. The van der Waals surface area contributed by atoms with Gasteiger partial charge >= 0.3 is 5.97 Å². The standard InChI is InChI=1S/C26H25FN2O5/c1-33-25(31)26(13-19(26)24(30)29-32)12-15-6-9-23(20(27)10-15)34-14-17-11-22(16-7-8-16)28-21-5-3-2-4-18(17)21/h2-6,9-11,16,19,32H,7-8,12-14H2,1H3,(H,29,30). The fraction of sp³-hybridized carbons (Fsp3) is 0.346. The van der Waals surface area contributed by atoms with Crippen molar-refractivity contribution in [2.24, 2.45) is 11.3 Å². The molecule has 3 aromatic rings. The molecule has 2 aromatic carbocycles. The van der Waals surface area contributed by atoms with Crippen molar-refractivity contribution in [1.82, 2.24) is 10.5 Å². The Bertz CT molecular complexity index is 1280. The molecule has 1 aromatic heterocycles. The topological polar surface area (TPSA) is 97.8 Å². The predicted octanol–water partition coefficient (Wildman–Crippen LogP) is 4.06. The summed E-state index contributed by atoms with van der Waals surface area (Å²) in [4.78, 5) is 28.9. The summed E-state index contributed by atoms with van der Waals surface area (Å²) in [5.41, 5.74) is 3.92. The van der Waals surface area contributed by atoms with Crippen molar-refractivity contribution in [2.75, 3.05) is 7.11 Å². The Morgan fingerprint density at radius 3 is 2.71 bits per heavy atom. The molecule has 2 unspecified atom stereocenters. The number of carbonyl (C=O) groups excluding carboxylic acids is 2. The SMILES string of the molecule is COC(=O)C1(Cc2ccc(OCc3cc(C4CC4)nc4ccccc34)c(F)c2)CC1C(=O)NO. The summed E-state index contributed by atoms with van der Waals surface area (Å²) in [6.07, 6.45) is 2.62. The minimum atomic E-state index is -1.11. The third-order valence-corrected chi connectivity index (χ3v) is 6.81. The molecule has 1 heterocycles. The molecule has 0 spiro atoms. The van der Waals surface area contributed by atoms with Gasteiger partial charge in [-0.1, -0.05) is 24.3 Å². The maximum Gasteiger partial charge on any atom is 0.312 e. The Morgan fingerprint density at radius 1 is 1.21 bits per heavy atom. The first-order chi connectivity index (χ1) is 16.4. The summed E-state index contributed by atoms with van der Waals surface area (Å²) in [5, 5.41) is 9.89. The average Bonchev–Trinajstić information content (AvgIpc) is 3.78. The molecule has 0 radical (unpaired) electrons. The van der Waals surface area contributed by atoms with Crippen molar-refractivity contribution >= 4 is 22.8 Å². The summed E-state index contributed by atoms with van der Waals surface area (Å²) in [7, 11) is 1.24. The minimum absolute atomic E-state index is 0.102. The molecular weight excluding hydrogens is 439 g/mol. The Balaban J connectivity index is 1.33. The number of aromatic nitrogens is 1. The van der Waals surface area contributed by atoms with Crippen LogP contribution in [0.15, 0.2) is 48.5 Å². The number of methoxy groups -OCH3 is 1. The molecule has 176 valence electrons. The summed E-state index contributed by atoms with van der Waals surface area (Å²) in [5.74, 6) is -1.89. The minimum Gasteiger partial charge on any atom is -0.486 e. The number of fused-ring (bicyclic) bond motifs is 1. The van der Waals surface area contributed by atoms with Gasteiger partial charge < -0.3 is 9.47 Å². The molecule has 2 aliphatic rings. The van der Waals surface area contributed by atoms with Crippen LogP contribution in [0, 0.1) is 17.2 Å². The van der Waals surface area contributed by atoms with Gasteiger partial charge in [-0.05, 0) is 55.5 Å². The van der Waals surface area contributed by atoms with Crippen LogP contribution < -0.4 is 10.2 Å². The summed E-state index contributed by atoms with van der Waals surface area (Å²) >= 11 is 0. The van der Waals surface area contributed by atoms with Crippen LogP contribution in [0.25, 0.3) is 10.9 Å². The fourth-order valence-corrected chi connectivity index (χ4v) is 4.69. The first-order valence-electron chi connectivity index (χ1n) is 11.3. The first kappa shape index (κ1) is 22.3. The van der Waals surface area contributed by atoms with Crippen LogP contribution in [0.1, 0.15) is 42.0 Å². The van der Waals surface area contributed by atoms with Crippen LogP contribution in [0.2, 0.25) is 0 Å². The van der Waals surface area contributed by atoms with E-state index in [1.165, 1.54) is 19.2 Å². The number of hydroxylamine groups is 1. The molecule has 7 nitrogen and oxygen atoms in total. The van der Waals surface area contributed by atoms with E-state index in [2.05, 4.69) is 0 Å². The van der Waals surface area contributed by atoms with Gasteiger partial charge in [-0.3, -0.25) is 19.8 Å². The molecule has 1 amide bonds. The molecule has 2 aliphatic carbocycles. The number of rotatable bonds is 8. The van der Waals surface area contributed by atoms with Gasteiger partial charge in [-0.2, -0.15) is 0 Å². The molecule has 2 N–H and O–H groups in total. The van der Waals surface area contributed by atoms with Gasteiger partial charge in [-0.25, -0.2) is 9.87 Å². The number of benzene rings is 2. The molecule has 0 saturated heterocycles. The second-order valence-corrected chi connectivity index (χ2v) is 9.11. The Hall–Kier alpha value is -3.52. The number of esters is 1. The number of nitrogens with one attached hydrogen (secondary N) is 1. The number of nitrogens with zero attached hydrogens (tertiary/aromatic N) is 1. The third-order valence-electron chi connectivity index (χ3n) is 6.81. The molecule has 2 fully saturated rings. The van der Waals surface area contributed by atoms with Gasteiger partial charge in [0.15, 0.2) is 11.6 Å². The molecular formula is C26H25FN2O5. The fourth-order valence-electron chi connectivity index (χ4n) is 4.69. The van der Waals surface area contributed by atoms with Gasteiger partial charge in [0.25, 0.3) is 0 Å². The molecule has 0 bridgehead atoms. The molecule has 34 heavy (non-hydrogen) atoms. The van der Waals surface area contributed by atoms with Crippen LogP contribution in [0.4, 0.5) is 4.39 Å². The van der Waals surface area contributed by atoms with E-state index in [4.69, 9.17) is 19.7 Å². The van der Waals surface area contributed by atoms with E-state index in [-0.39, 0.29) is 25.2 Å². The van der Waals surface area contributed by atoms with Crippen molar-refractivity contribution in [2.45, 2.75) is 38.2 Å². The number of pyridine rings is 1. The number of amides is 1. The largest absolute Gasteiger partial charge is 0.486 e. The van der Waals surface area contributed by atoms with E-state index >= 15 is 0 Å². The van der Waals surface area contributed by atoms with E-state index in [1.54, 1.807) is 11.5 Å². The number of carbonyl (C=O) groups is 2. The number of halogens is 1. The van der Waals surface area contributed by atoms with Crippen LogP contribution >= 0.6 is 0 Å². The van der Waals surface area contributed by atoms with Crippen LogP contribution in [0.5, 0.6) is 5.75 Å². The van der Waals surface area contributed by atoms with Crippen LogP contribution in [-0.4, -0.2) is 29.2 Å². The summed E-state index contributed by atoms with van der Waals surface area (Å²) < 4.78 is 25.6. The molecule has 2 atom stereocenters. The van der Waals surface area contributed by atoms with Crippen molar-refractivity contribution in [3.05, 3.63) is 71.2 Å². The van der Waals surface area contributed by atoms with Crippen LogP contribution in [-0.2, 0) is 27.4 Å². The van der Waals surface area contributed by atoms with Crippen molar-refractivity contribution in [3.63, 3.8) is 0 Å². The van der Waals surface area contributed by atoms with Gasteiger partial charge in [0.2, 0.25) is 5.91 Å². The lowest BCUT2D eigenvalue weighted by molar-refractivity contribution is -0.149. The zero-order chi connectivity index (χ0) is 23.9.